The van der Waals surface area contributed by atoms with Gasteiger partial charge in [0, 0.05) is 12.2 Å². The standard InChI is InChI=1S/C19H28N2O3/c1-18(2,3)24-17(23)20-15-16(22)21(13-9-12-19(15,4)5)14-10-7-6-8-11-14/h6-8,10-11,15H,9,12-13H2,1-5H3,(H,20,23). The topological polar surface area (TPSA) is 58.6 Å². The van der Waals surface area contributed by atoms with Gasteiger partial charge in [-0.05, 0) is 51.2 Å². The van der Waals surface area contributed by atoms with E-state index in [4.69, 9.17) is 4.74 Å². The smallest absolute Gasteiger partial charge is 0.408 e. The van der Waals surface area contributed by atoms with Gasteiger partial charge in [-0.2, -0.15) is 0 Å². The molecule has 1 N–H and O–H groups in total. The first-order valence-corrected chi connectivity index (χ1v) is 8.46. The number of nitrogens with one attached hydrogen (secondary N) is 1. The summed E-state index contributed by atoms with van der Waals surface area (Å²) in [5.41, 5.74) is -0.0743. The predicted octanol–water partition coefficient (Wildman–Crippen LogP) is 3.73. The molecule has 1 saturated heterocycles. The van der Waals surface area contributed by atoms with E-state index in [1.54, 1.807) is 4.90 Å². The molecule has 1 unspecified atom stereocenters. The van der Waals surface area contributed by atoms with Crippen molar-refractivity contribution in [2.24, 2.45) is 5.41 Å². The van der Waals surface area contributed by atoms with Crippen molar-refractivity contribution in [3.63, 3.8) is 0 Å². The number of nitrogens with zero attached hydrogens (tertiary/aromatic N) is 1. The molecule has 0 saturated carbocycles. The highest BCUT2D eigenvalue weighted by atomic mass is 16.6. The van der Waals surface area contributed by atoms with Crippen LogP contribution in [0, 0.1) is 5.41 Å². The van der Waals surface area contributed by atoms with E-state index in [-0.39, 0.29) is 11.3 Å². The third-order valence-corrected chi connectivity index (χ3v) is 4.23. The molecule has 1 fully saturated rings. The van der Waals surface area contributed by atoms with Crippen LogP contribution in [0.15, 0.2) is 30.3 Å². The lowest BCUT2D eigenvalue weighted by Gasteiger charge is -2.34. The summed E-state index contributed by atoms with van der Waals surface area (Å²) in [6, 6.07) is 8.97. The highest BCUT2D eigenvalue weighted by Crippen LogP contribution is 2.33. The van der Waals surface area contributed by atoms with Gasteiger partial charge >= 0.3 is 6.09 Å². The van der Waals surface area contributed by atoms with Gasteiger partial charge in [-0.15, -0.1) is 0 Å². The van der Waals surface area contributed by atoms with Crippen molar-refractivity contribution in [3.8, 4) is 0 Å². The number of amides is 2. The van der Waals surface area contributed by atoms with Crippen molar-refractivity contribution in [1.29, 1.82) is 0 Å². The minimum absolute atomic E-state index is 0.0884. The number of para-hydroxylation sites is 1. The van der Waals surface area contributed by atoms with Crippen LogP contribution in [0.3, 0.4) is 0 Å². The third kappa shape index (κ3) is 4.49. The van der Waals surface area contributed by atoms with Crippen molar-refractivity contribution >= 4 is 17.7 Å². The molecule has 132 valence electrons. The third-order valence-electron chi connectivity index (χ3n) is 4.23. The molecule has 1 aromatic carbocycles. The normalized spacial score (nSPS) is 21.1. The summed E-state index contributed by atoms with van der Waals surface area (Å²) in [6.45, 7) is 10.1. The van der Waals surface area contributed by atoms with Gasteiger partial charge < -0.3 is 15.0 Å². The van der Waals surface area contributed by atoms with E-state index in [0.29, 0.717) is 6.54 Å². The lowest BCUT2D eigenvalue weighted by Crippen LogP contribution is -2.54. The Morgan fingerprint density at radius 1 is 1.25 bits per heavy atom. The first kappa shape index (κ1) is 18.3. The van der Waals surface area contributed by atoms with E-state index in [0.717, 1.165) is 18.5 Å². The van der Waals surface area contributed by atoms with Gasteiger partial charge in [-0.1, -0.05) is 32.0 Å². The molecule has 5 nitrogen and oxygen atoms in total. The summed E-state index contributed by atoms with van der Waals surface area (Å²) >= 11 is 0. The molecule has 1 aromatic rings. The fraction of sp³-hybridized carbons (Fsp3) is 0.579. The molecule has 0 radical (unpaired) electrons. The second-order valence-corrected chi connectivity index (χ2v) is 8.00. The van der Waals surface area contributed by atoms with E-state index in [2.05, 4.69) is 5.32 Å². The molecule has 2 rings (SSSR count). The number of anilines is 1. The number of carbonyl (C=O) groups excluding carboxylic acids is 2. The number of hydrogen-bond acceptors (Lipinski definition) is 3. The van der Waals surface area contributed by atoms with Gasteiger partial charge in [-0.25, -0.2) is 4.79 Å². The van der Waals surface area contributed by atoms with E-state index >= 15 is 0 Å². The van der Waals surface area contributed by atoms with Crippen LogP contribution in [0.25, 0.3) is 0 Å². The van der Waals surface area contributed by atoms with Gasteiger partial charge in [0.1, 0.15) is 11.6 Å². The van der Waals surface area contributed by atoms with Gasteiger partial charge in [0.25, 0.3) is 0 Å². The van der Waals surface area contributed by atoms with Crippen LogP contribution in [-0.2, 0) is 9.53 Å². The summed E-state index contributed by atoms with van der Waals surface area (Å²) in [4.78, 5) is 27.1. The number of rotatable bonds is 2. The number of ether oxygens (including phenoxy) is 1. The molecule has 1 aliphatic heterocycles. The highest BCUT2D eigenvalue weighted by Gasteiger charge is 2.41. The summed E-state index contributed by atoms with van der Waals surface area (Å²) in [7, 11) is 0. The van der Waals surface area contributed by atoms with Crippen LogP contribution < -0.4 is 10.2 Å². The van der Waals surface area contributed by atoms with Crippen LogP contribution >= 0.6 is 0 Å². The average Bonchev–Trinajstić information content (AvgIpc) is 2.57. The van der Waals surface area contributed by atoms with Crippen LogP contribution in [0.5, 0.6) is 0 Å². The molecular formula is C19H28N2O3. The van der Waals surface area contributed by atoms with Gasteiger partial charge in [0.05, 0.1) is 0 Å². The Kier molecular flexibility index (Phi) is 5.21. The molecule has 0 aromatic heterocycles. The Morgan fingerprint density at radius 2 is 1.88 bits per heavy atom. The van der Waals surface area contributed by atoms with Crippen LogP contribution in [0.1, 0.15) is 47.5 Å². The van der Waals surface area contributed by atoms with Crippen LogP contribution in [0.2, 0.25) is 0 Å². The van der Waals surface area contributed by atoms with E-state index in [1.165, 1.54) is 0 Å². The summed E-state index contributed by atoms with van der Waals surface area (Å²) in [5, 5.41) is 2.80. The van der Waals surface area contributed by atoms with Crippen LogP contribution in [-0.4, -0.2) is 30.2 Å². The molecule has 0 spiro atoms. The fourth-order valence-corrected chi connectivity index (χ4v) is 2.98. The fourth-order valence-electron chi connectivity index (χ4n) is 2.98. The molecule has 0 bridgehead atoms. The largest absolute Gasteiger partial charge is 0.444 e. The second-order valence-electron chi connectivity index (χ2n) is 8.00. The van der Waals surface area contributed by atoms with Gasteiger partial charge in [0.15, 0.2) is 0 Å². The number of alkyl carbamates (subject to hydrolysis) is 1. The monoisotopic (exact) mass is 332 g/mol. The Morgan fingerprint density at radius 3 is 2.46 bits per heavy atom. The quantitative estimate of drug-likeness (QED) is 0.897. The first-order valence-electron chi connectivity index (χ1n) is 8.46. The Hall–Kier alpha value is -2.04. The van der Waals surface area contributed by atoms with Crippen molar-refractivity contribution in [2.45, 2.75) is 59.1 Å². The van der Waals surface area contributed by atoms with E-state index in [1.807, 2.05) is 65.0 Å². The summed E-state index contributed by atoms with van der Waals surface area (Å²) in [5.74, 6) is -0.0884. The molecule has 1 atom stereocenters. The van der Waals surface area contributed by atoms with Crippen molar-refractivity contribution < 1.29 is 14.3 Å². The zero-order chi connectivity index (χ0) is 18.0. The highest BCUT2D eigenvalue weighted by molar-refractivity contribution is 5.99. The minimum atomic E-state index is -0.616. The van der Waals surface area contributed by atoms with E-state index < -0.39 is 17.7 Å². The maximum atomic E-state index is 13.1. The molecule has 5 heteroatoms. The number of carbonyl (C=O) groups is 2. The molecule has 24 heavy (non-hydrogen) atoms. The molecule has 0 aliphatic carbocycles. The summed E-state index contributed by atoms with van der Waals surface area (Å²) < 4.78 is 5.34. The molecule has 1 aliphatic rings. The second kappa shape index (κ2) is 6.83. The van der Waals surface area contributed by atoms with Crippen molar-refractivity contribution in [3.05, 3.63) is 30.3 Å². The van der Waals surface area contributed by atoms with Crippen molar-refractivity contribution in [2.75, 3.05) is 11.4 Å². The molecule has 1 heterocycles. The Labute approximate surface area is 144 Å². The van der Waals surface area contributed by atoms with Gasteiger partial charge in [0.2, 0.25) is 5.91 Å². The zero-order valence-corrected chi connectivity index (χ0v) is 15.3. The summed E-state index contributed by atoms with van der Waals surface area (Å²) in [6.07, 6.45) is 1.19. The van der Waals surface area contributed by atoms with E-state index in [9.17, 15) is 9.59 Å². The van der Waals surface area contributed by atoms with Gasteiger partial charge in [-0.3, -0.25) is 4.79 Å². The lowest BCUT2D eigenvalue weighted by molar-refractivity contribution is -0.122. The zero-order valence-electron chi connectivity index (χ0n) is 15.3. The Bertz CT molecular complexity index is 590. The molecular weight excluding hydrogens is 304 g/mol. The Balaban J connectivity index is 2.24. The maximum absolute atomic E-state index is 13.1. The first-order chi connectivity index (χ1) is 11.1. The predicted molar refractivity (Wildman–Crippen MR) is 95.0 cm³/mol. The minimum Gasteiger partial charge on any atom is -0.444 e. The number of hydrogen-bond donors (Lipinski definition) is 1. The van der Waals surface area contributed by atoms with Crippen molar-refractivity contribution in [1.82, 2.24) is 5.32 Å². The maximum Gasteiger partial charge on any atom is 0.408 e. The average molecular weight is 332 g/mol. The van der Waals surface area contributed by atoms with Crippen LogP contribution in [0.4, 0.5) is 10.5 Å². The number of benzene rings is 1. The lowest BCUT2D eigenvalue weighted by atomic mass is 9.80. The molecule has 2 amide bonds. The SMILES string of the molecule is CC(C)(C)OC(=O)NC1C(=O)N(c2ccccc2)CCCC1(C)C.